The molecule has 0 bridgehead atoms. The van der Waals surface area contributed by atoms with E-state index in [1.54, 1.807) is 12.5 Å². The molecule has 3 aromatic rings. The van der Waals surface area contributed by atoms with Crippen molar-refractivity contribution in [1.82, 2.24) is 24.5 Å². The second kappa shape index (κ2) is 6.16. The first-order chi connectivity index (χ1) is 11.4. The molecule has 4 rings (SSSR count). The van der Waals surface area contributed by atoms with Crippen LogP contribution in [0.1, 0.15) is 19.3 Å². The molecule has 23 heavy (non-hydrogen) atoms. The van der Waals surface area contributed by atoms with Crippen molar-refractivity contribution in [2.24, 2.45) is 0 Å². The fraction of sp³-hybridized carbons (Fsp3) is 0.294. The number of aromatic nitrogens is 5. The van der Waals surface area contributed by atoms with Gasteiger partial charge >= 0.3 is 0 Å². The van der Waals surface area contributed by atoms with Crippen LogP contribution in [0.2, 0.25) is 0 Å². The van der Waals surface area contributed by atoms with Crippen molar-refractivity contribution in [3.8, 4) is 17.3 Å². The third-order valence-electron chi connectivity index (χ3n) is 4.02. The monoisotopic (exact) mass is 306 g/mol. The van der Waals surface area contributed by atoms with Gasteiger partial charge in [-0.1, -0.05) is 30.3 Å². The van der Waals surface area contributed by atoms with Crippen molar-refractivity contribution in [3.63, 3.8) is 0 Å². The first kappa shape index (κ1) is 13.9. The van der Waals surface area contributed by atoms with E-state index in [0.717, 1.165) is 24.6 Å². The third-order valence-corrected chi connectivity index (χ3v) is 4.02. The Labute approximate surface area is 134 Å². The first-order valence-corrected chi connectivity index (χ1v) is 7.95. The molecule has 2 aromatic heterocycles. The van der Waals surface area contributed by atoms with E-state index in [1.165, 1.54) is 19.3 Å². The Balaban J connectivity index is 1.80. The Hall–Kier alpha value is -2.76. The van der Waals surface area contributed by atoms with Gasteiger partial charge in [0.2, 0.25) is 11.9 Å². The van der Waals surface area contributed by atoms with Crippen molar-refractivity contribution in [1.29, 1.82) is 0 Å². The predicted molar refractivity (Wildman–Crippen MR) is 88.4 cm³/mol. The molecular weight excluding hydrogens is 288 g/mol. The van der Waals surface area contributed by atoms with Crippen molar-refractivity contribution in [2.45, 2.75) is 19.3 Å². The topological polar surface area (TPSA) is 59.7 Å². The van der Waals surface area contributed by atoms with Crippen LogP contribution in [0.4, 0.5) is 5.95 Å². The molecule has 1 aliphatic heterocycles. The maximum Gasteiger partial charge on any atom is 0.240 e. The summed E-state index contributed by atoms with van der Waals surface area (Å²) in [6.45, 7) is 2.00. The van der Waals surface area contributed by atoms with E-state index in [9.17, 15) is 0 Å². The van der Waals surface area contributed by atoms with Crippen molar-refractivity contribution >= 4 is 5.95 Å². The van der Waals surface area contributed by atoms with Crippen LogP contribution in [-0.2, 0) is 0 Å². The zero-order valence-electron chi connectivity index (χ0n) is 12.8. The van der Waals surface area contributed by atoms with E-state index in [2.05, 4.69) is 19.9 Å². The summed E-state index contributed by atoms with van der Waals surface area (Å²) < 4.78 is 1.82. The summed E-state index contributed by atoms with van der Waals surface area (Å²) in [4.78, 5) is 20.3. The second-order valence-corrected chi connectivity index (χ2v) is 5.64. The molecule has 1 fully saturated rings. The zero-order chi connectivity index (χ0) is 15.5. The van der Waals surface area contributed by atoms with Crippen LogP contribution in [0.15, 0.2) is 49.1 Å². The summed E-state index contributed by atoms with van der Waals surface area (Å²) in [5, 5.41) is 0. The first-order valence-electron chi connectivity index (χ1n) is 7.95. The van der Waals surface area contributed by atoms with Crippen molar-refractivity contribution < 1.29 is 0 Å². The fourth-order valence-electron chi connectivity index (χ4n) is 2.80. The molecule has 0 spiro atoms. The minimum atomic E-state index is 0.608. The number of nitrogens with zero attached hydrogens (tertiary/aromatic N) is 6. The number of hydrogen-bond acceptors (Lipinski definition) is 5. The SMILES string of the molecule is c1ccc(-c2nc(N3CCCCC3)nc(-n3ccnc3)n2)cc1. The molecule has 1 saturated heterocycles. The van der Waals surface area contributed by atoms with Gasteiger partial charge in [-0.3, -0.25) is 4.57 Å². The molecule has 0 saturated carbocycles. The molecule has 1 aromatic carbocycles. The van der Waals surface area contributed by atoms with Gasteiger partial charge in [-0.25, -0.2) is 4.98 Å². The van der Waals surface area contributed by atoms with E-state index in [4.69, 9.17) is 4.98 Å². The molecule has 6 nitrogen and oxygen atoms in total. The molecule has 0 unspecified atom stereocenters. The zero-order valence-corrected chi connectivity index (χ0v) is 12.8. The Kier molecular flexibility index (Phi) is 3.71. The summed E-state index contributed by atoms with van der Waals surface area (Å²) in [5.74, 6) is 2.06. The van der Waals surface area contributed by atoms with Crippen molar-refractivity contribution in [2.75, 3.05) is 18.0 Å². The summed E-state index contributed by atoms with van der Waals surface area (Å²) in [6.07, 6.45) is 8.95. The van der Waals surface area contributed by atoms with E-state index in [0.29, 0.717) is 11.8 Å². The third kappa shape index (κ3) is 2.92. The molecule has 0 aliphatic carbocycles. The van der Waals surface area contributed by atoms with Gasteiger partial charge in [0, 0.05) is 31.0 Å². The molecular formula is C17H18N6. The minimum absolute atomic E-state index is 0.608. The maximum atomic E-state index is 4.71. The maximum absolute atomic E-state index is 4.71. The fourth-order valence-corrected chi connectivity index (χ4v) is 2.80. The Morgan fingerprint density at radius 1 is 0.826 bits per heavy atom. The number of hydrogen-bond donors (Lipinski definition) is 0. The highest BCUT2D eigenvalue weighted by molar-refractivity contribution is 5.57. The largest absolute Gasteiger partial charge is 0.341 e. The summed E-state index contributed by atoms with van der Waals surface area (Å²) >= 11 is 0. The molecule has 0 atom stereocenters. The van der Waals surface area contributed by atoms with E-state index in [-0.39, 0.29) is 0 Å². The summed E-state index contributed by atoms with van der Waals surface area (Å²) in [6, 6.07) is 10.0. The number of anilines is 1. The van der Waals surface area contributed by atoms with Gasteiger partial charge < -0.3 is 4.90 Å². The number of rotatable bonds is 3. The van der Waals surface area contributed by atoms with Gasteiger partial charge in [0.05, 0.1) is 0 Å². The van der Waals surface area contributed by atoms with Gasteiger partial charge in [-0.2, -0.15) is 15.0 Å². The molecule has 6 heteroatoms. The van der Waals surface area contributed by atoms with E-state index in [1.807, 2.05) is 41.1 Å². The summed E-state index contributed by atoms with van der Waals surface area (Å²) in [7, 11) is 0. The van der Waals surface area contributed by atoms with Gasteiger partial charge in [0.25, 0.3) is 0 Å². The highest BCUT2D eigenvalue weighted by atomic mass is 15.3. The highest BCUT2D eigenvalue weighted by Crippen LogP contribution is 2.21. The average Bonchev–Trinajstić information content (AvgIpc) is 3.18. The number of piperidine rings is 1. The van der Waals surface area contributed by atoms with Crippen LogP contribution in [-0.4, -0.2) is 37.6 Å². The van der Waals surface area contributed by atoms with Crippen LogP contribution >= 0.6 is 0 Å². The second-order valence-electron chi connectivity index (χ2n) is 5.64. The smallest absolute Gasteiger partial charge is 0.240 e. The van der Waals surface area contributed by atoms with Crippen LogP contribution in [0.25, 0.3) is 17.3 Å². The van der Waals surface area contributed by atoms with Gasteiger partial charge in [0.1, 0.15) is 6.33 Å². The van der Waals surface area contributed by atoms with Crippen LogP contribution in [0.3, 0.4) is 0 Å². The molecule has 3 heterocycles. The number of benzene rings is 1. The lowest BCUT2D eigenvalue weighted by Gasteiger charge is -2.27. The van der Waals surface area contributed by atoms with Crippen LogP contribution < -0.4 is 4.90 Å². The highest BCUT2D eigenvalue weighted by Gasteiger charge is 2.17. The Morgan fingerprint density at radius 3 is 2.35 bits per heavy atom. The lowest BCUT2D eigenvalue weighted by Crippen LogP contribution is -2.31. The van der Waals surface area contributed by atoms with E-state index < -0.39 is 0 Å². The predicted octanol–water partition coefficient (Wildman–Crippen LogP) is 2.71. The van der Waals surface area contributed by atoms with Crippen LogP contribution in [0.5, 0.6) is 0 Å². The molecule has 116 valence electrons. The Bertz CT molecular complexity index is 763. The molecule has 0 amide bonds. The molecule has 1 aliphatic rings. The normalized spacial score (nSPS) is 14.9. The quantitative estimate of drug-likeness (QED) is 0.744. The van der Waals surface area contributed by atoms with Gasteiger partial charge in [0.15, 0.2) is 5.82 Å². The summed E-state index contributed by atoms with van der Waals surface area (Å²) in [5.41, 5.74) is 0.995. The molecule has 0 radical (unpaired) electrons. The van der Waals surface area contributed by atoms with Gasteiger partial charge in [-0.15, -0.1) is 0 Å². The van der Waals surface area contributed by atoms with Gasteiger partial charge in [-0.05, 0) is 19.3 Å². The van der Waals surface area contributed by atoms with E-state index >= 15 is 0 Å². The van der Waals surface area contributed by atoms with Crippen molar-refractivity contribution in [3.05, 3.63) is 49.1 Å². The average molecular weight is 306 g/mol. The lowest BCUT2D eigenvalue weighted by atomic mass is 10.1. The lowest BCUT2D eigenvalue weighted by molar-refractivity contribution is 0.567. The standard InChI is InChI=1S/C17H18N6/c1-3-7-14(8-4-1)15-19-16(22-10-5-2-6-11-22)21-17(20-15)23-12-9-18-13-23/h1,3-4,7-9,12-13H,2,5-6,10-11H2. The Morgan fingerprint density at radius 2 is 1.61 bits per heavy atom. The minimum Gasteiger partial charge on any atom is -0.341 e. The number of imidazole rings is 1. The molecule has 0 N–H and O–H groups in total. The van der Waals surface area contributed by atoms with Crippen LogP contribution in [0, 0.1) is 0 Å².